The number of hydrogen-bond acceptors (Lipinski definition) is 15. The van der Waals surface area contributed by atoms with Gasteiger partial charge in [-0.15, -0.1) is 0 Å². The van der Waals surface area contributed by atoms with Crippen molar-refractivity contribution >= 4 is 15.6 Å². The molecule has 0 saturated carbocycles. The molecule has 0 radical (unpaired) electrons. The molecule has 1 aromatic rings. The molecule has 21 heteroatoms. The lowest BCUT2D eigenvalue weighted by Gasteiger charge is -2.22. The molecular weight excluding hydrogens is 542 g/mol. The van der Waals surface area contributed by atoms with Crippen molar-refractivity contribution in [1.29, 1.82) is 0 Å². The first-order valence-corrected chi connectivity index (χ1v) is 13.0. The third kappa shape index (κ3) is 6.54. The largest absolute Gasteiger partial charge is 0.483 e. The van der Waals surface area contributed by atoms with Gasteiger partial charge in [0.25, 0.3) is 5.56 Å². The first-order valence-electron chi connectivity index (χ1n) is 9.99. The van der Waals surface area contributed by atoms with Gasteiger partial charge in [0, 0.05) is 12.3 Å². The molecule has 3 heterocycles. The maximum Gasteiger partial charge on any atom is 0.483 e. The van der Waals surface area contributed by atoms with Crippen LogP contribution < -0.4 is 11.2 Å². The summed E-state index contributed by atoms with van der Waals surface area (Å²) in [6.45, 7) is -1.93. The van der Waals surface area contributed by atoms with Gasteiger partial charge in [-0.1, -0.05) is 0 Å². The Balaban J connectivity index is 1.60. The van der Waals surface area contributed by atoms with E-state index >= 15 is 0 Å². The van der Waals surface area contributed by atoms with Gasteiger partial charge in [-0.05, 0) is 0 Å². The first-order chi connectivity index (χ1) is 16.7. The SMILES string of the molecule is O=c1ccn([C@@H]2O[C@@H](COP(=O)(O)OP(=O)(O)O[C@H]3O[C@@H]([C@@H](O)CO)[C@H](O)[C@H]3O)[C@@H](O)[C@H]2O)c(=O)[nH]1. The van der Waals surface area contributed by atoms with E-state index in [1.165, 1.54) is 0 Å². The van der Waals surface area contributed by atoms with Gasteiger partial charge < -0.3 is 49.9 Å². The monoisotopic (exact) mass is 566 g/mol. The van der Waals surface area contributed by atoms with E-state index in [2.05, 4.69) is 13.4 Å². The number of H-pyrrole nitrogens is 1. The highest BCUT2D eigenvalue weighted by Crippen LogP contribution is 2.61. The van der Waals surface area contributed by atoms with Crippen molar-refractivity contribution in [2.75, 3.05) is 13.2 Å². The lowest BCUT2D eigenvalue weighted by atomic mass is 10.1. The summed E-state index contributed by atoms with van der Waals surface area (Å²) in [6, 6.07) is 0.930. The number of nitrogens with zero attached hydrogens (tertiary/aromatic N) is 1. The number of rotatable bonds is 10. The molecule has 19 nitrogen and oxygen atoms in total. The van der Waals surface area contributed by atoms with Gasteiger partial charge in [0.2, 0.25) is 0 Å². The second-order valence-electron chi connectivity index (χ2n) is 7.68. The van der Waals surface area contributed by atoms with Crippen LogP contribution in [0.5, 0.6) is 0 Å². The second-order valence-corrected chi connectivity index (χ2v) is 10.7. The molecule has 1 aromatic heterocycles. The van der Waals surface area contributed by atoms with Gasteiger partial charge in [0.1, 0.15) is 42.7 Å². The quantitative estimate of drug-likeness (QED) is 0.120. The number of aromatic amines is 1. The van der Waals surface area contributed by atoms with Crippen molar-refractivity contribution in [1.82, 2.24) is 9.55 Å². The summed E-state index contributed by atoms with van der Waals surface area (Å²) >= 11 is 0. The number of ether oxygens (including phenoxy) is 2. The smallest absolute Gasteiger partial charge is 0.394 e. The molecule has 2 saturated heterocycles. The molecule has 206 valence electrons. The number of nitrogens with one attached hydrogen (secondary N) is 1. The summed E-state index contributed by atoms with van der Waals surface area (Å²) in [7, 11) is -11.0. The van der Waals surface area contributed by atoms with E-state index in [1.807, 2.05) is 4.98 Å². The fourth-order valence-electron chi connectivity index (χ4n) is 3.38. The van der Waals surface area contributed by atoms with Gasteiger partial charge >= 0.3 is 21.3 Å². The molecule has 36 heavy (non-hydrogen) atoms. The summed E-state index contributed by atoms with van der Waals surface area (Å²) < 4.78 is 48.0. The topological polar surface area (TPSA) is 297 Å². The maximum atomic E-state index is 12.1. The fraction of sp³-hybridized carbons (Fsp3) is 0.733. The van der Waals surface area contributed by atoms with E-state index in [4.69, 9.17) is 14.6 Å². The number of aromatic nitrogens is 2. The Morgan fingerprint density at radius 3 is 2.31 bits per heavy atom. The number of aliphatic hydroxyl groups is 6. The van der Waals surface area contributed by atoms with E-state index in [1.54, 1.807) is 0 Å². The highest BCUT2D eigenvalue weighted by Gasteiger charge is 2.51. The van der Waals surface area contributed by atoms with E-state index in [-0.39, 0.29) is 0 Å². The van der Waals surface area contributed by atoms with E-state index < -0.39 is 95.4 Å². The van der Waals surface area contributed by atoms with Crippen LogP contribution in [0.1, 0.15) is 6.23 Å². The van der Waals surface area contributed by atoms with Crippen LogP contribution in [0.4, 0.5) is 0 Å². The predicted molar refractivity (Wildman–Crippen MR) is 109 cm³/mol. The summed E-state index contributed by atoms with van der Waals surface area (Å²) in [5, 5.41) is 58.3. The minimum atomic E-state index is -5.56. The lowest BCUT2D eigenvalue weighted by molar-refractivity contribution is -0.144. The Morgan fingerprint density at radius 1 is 1.03 bits per heavy atom. The Labute approximate surface area is 199 Å². The summed E-state index contributed by atoms with van der Waals surface area (Å²) in [4.78, 5) is 44.5. The zero-order chi connectivity index (χ0) is 27.0. The predicted octanol–water partition coefficient (Wildman–Crippen LogP) is -4.79. The van der Waals surface area contributed by atoms with Crippen molar-refractivity contribution in [3.63, 3.8) is 0 Å². The van der Waals surface area contributed by atoms with Crippen LogP contribution in [0, 0.1) is 0 Å². The molecule has 3 rings (SSSR count). The maximum absolute atomic E-state index is 12.1. The molecule has 2 aliphatic heterocycles. The van der Waals surface area contributed by atoms with E-state index in [0.717, 1.165) is 16.8 Å². The molecule has 2 fully saturated rings. The molecule has 0 bridgehead atoms. The van der Waals surface area contributed by atoms with Gasteiger partial charge in [-0.25, -0.2) is 13.9 Å². The van der Waals surface area contributed by atoms with Crippen LogP contribution in [0.3, 0.4) is 0 Å². The molecule has 2 unspecified atom stereocenters. The standard InChI is InChI=1S/C15H24N2O17P2/c18-3-5(19)12-9(22)11(24)14(32-12)33-36(28,29)34-35(26,27)30-4-6-8(21)10(23)13(31-6)17-2-1-7(20)16-15(17)25/h1-2,5-6,8-14,18-19,21-24H,3-4H2,(H,26,27)(H,28,29)(H,16,20,25)/t5-,6-,8+,9+,10+,11+,12-,13+,14+/m0/s1. The molecule has 0 aromatic carbocycles. The van der Waals surface area contributed by atoms with Crippen LogP contribution in [-0.2, 0) is 32.0 Å². The molecule has 0 amide bonds. The van der Waals surface area contributed by atoms with E-state index in [0.29, 0.717) is 0 Å². The molecule has 0 aliphatic carbocycles. The highest BCUT2D eigenvalue weighted by molar-refractivity contribution is 7.61. The van der Waals surface area contributed by atoms with Gasteiger partial charge in [-0.2, -0.15) is 4.31 Å². The summed E-state index contributed by atoms with van der Waals surface area (Å²) in [5.41, 5.74) is -1.74. The molecule has 11 atom stereocenters. The normalized spacial score (nSPS) is 36.9. The zero-order valence-corrected chi connectivity index (χ0v) is 19.6. The van der Waals surface area contributed by atoms with Crippen molar-refractivity contribution < 1.29 is 72.4 Å². The fourth-order valence-corrected chi connectivity index (χ4v) is 5.54. The van der Waals surface area contributed by atoms with Gasteiger partial charge in [0.15, 0.2) is 12.5 Å². The van der Waals surface area contributed by atoms with Crippen LogP contribution in [-0.4, -0.2) is 112 Å². The molecule has 0 spiro atoms. The van der Waals surface area contributed by atoms with E-state index in [9.17, 15) is 54.0 Å². The van der Waals surface area contributed by atoms with Crippen molar-refractivity contribution in [2.45, 2.75) is 55.2 Å². The molecule has 9 N–H and O–H groups in total. The molecule has 2 aliphatic rings. The third-order valence-electron chi connectivity index (χ3n) is 5.13. The minimum Gasteiger partial charge on any atom is -0.394 e. The number of hydrogen-bond donors (Lipinski definition) is 9. The number of aliphatic hydroxyl groups excluding tert-OH is 6. The van der Waals surface area contributed by atoms with Gasteiger partial charge in [-0.3, -0.25) is 23.4 Å². The van der Waals surface area contributed by atoms with Gasteiger partial charge in [0.05, 0.1) is 13.2 Å². The Hall–Kier alpha value is -1.38. The van der Waals surface area contributed by atoms with Crippen LogP contribution in [0.2, 0.25) is 0 Å². The Bertz CT molecular complexity index is 1130. The van der Waals surface area contributed by atoms with Crippen molar-refractivity contribution in [2.24, 2.45) is 0 Å². The zero-order valence-electron chi connectivity index (χ0n) is 17.9. The summed E-state index contributed by atoms with van der Waals surface area (Å²) in [5.74, 6) is 0. The Kier molecular flexibility index (Phi) is 9.05. The van der Waals surface area contributed by atoms with Crippen molar-refractivity contribution in [3.05, 3.63) is 33.1 Å². The third-order valence-corrected chi connectivity index (χ3v) is 7.73. The average Bonchev–Trinajstić information content (AvgIpc) is 3.21. The minimum absolute atomic E-state index is 0.725. The van der Waals surface area contributed by atoms with Crippen LogP contribution in [0.25, 0.3) is 0 Å². The number of phosphoric acid groups is 2. The lowest BCUT2D eigenvalue weighted by Crippen LogP contribution is -2.40. The Morgan fingerprint density at radius 2 is 1.69 bits per heavy atom. The van der Waals surface area contributed by atoms with Crippen molar-refractivity contribution in [3.8, 4) is 0 Å². The highest BCUT2D eigenvalue weighted by atomic mass is 31.3. The summed E-state index contributed by atoms with van der Waals surface area (Å²) in [6.07, 6.45) is -15.1. The molecular formula is C15H24N2O17P2. The van der Waals surface area contributed by atoms with Crippen LogP contribution >= 0.6 is 15.6 Å². The van der Waals surface area contributed by atoms with Crippen LogP contribution in [0.15, 0.2) is 21.9 Å². The average molecular weight is 566 g/mol. The first kappa shape index (κ1) is 29.2. The number of phosphoric ester groups is 2. The second kappa shape index (κ2) is 11.2.